The molecule has 0 atom stereocenters. The van der Waals surface area contributed by atoms with Crippen LogP contribution in [-0.4, -0.2) is 31.8 Å². The number of halogens is 2. The molecule has 138 valence electrons. The van der Waals surface area contributed by atoms with Crippen LogP contribution in [0.2, 0.25) is 0 Å². The van der Waals surface area contributed by atoms with Gasteiger partial charge >= 0.3 is 18.4 Å². The molecule has 0 saturated carbocycles. The summed E-state index contributed by atoms with van der Waals surface area (Å²) < 4.78 is 38.8. The van der Waals surface area contributed by atoms with Crippen LogP contribution in [0, 0.1) is 0 Å². The van der Waals surface area contributed by atoms with Crippen LogP contribution in [0.1, 0.15) is 11.3 Å². The van der Waals surface area contributed by atoms with Crippen molar-refractivity contribution in [3.05, 3.63) is 47.9 Å². The molecule has 0 saturated heterocycles. The number of amides is 2. The normalized spacial score (nSPS) is 10.8. The lowest BCUT2D eigenvalue weighted by Crippen LogP contribution is -2.37. The Bertz CT molecular complexity index is 778. The molecule has 0 unspecified atom stereocenters. The molecule has 2 N–H and O–H groups in total. The molecular weight excluding hydrogens is 352 g/mol. The van der Waals surface area contributed by atoms with Crippen molar-refractivity contribution in [2.24, 2.45) is 5.10 Å². The number of rotatable bonds is 7. The summed E-state index contributed by atoms with van der Waals surface area (Å²) in [4.78, 5) is 23.2. The minimum absolute atomic E-state index is 0.0613. The molecule has 0 aliphatic heterocycles. The van der Waals surface area contributed by atoms with E-state index in [4.69, 9.17) is 9.15 Å². The van der Waals surface area contributed by atoms with Crippen LogP contribution in [0.3, 0.4) is 0 Å². The number of carbonyl (C=O) groups excluding carboxylic acids is 2. The Hall–Kier alpha value is -3.43. The Morgan fingerprint density at radius 2 is 2.08 bits per heavy atom. The van der Waals surface area contributed by atoms with E-state index in [0.29, 0.717) is 11.3 Å². The first kappa shape index (κ1) is 18.9. The number of hydrogen-bond donors (Lipinski definition) is 2. The van der Waals surface area contributed by atoms with Crippen molar-refractivity contribution in [1.29, 1.82) is 0 Å². The van der Waals surface area contributed by atoms with Crippen molar-refractivity contribution in [3.63, 3.8) is 0 Å². The molecule has 0 spiro atoms. The van der Waals surface area contributed by atoms with E-state index in [0.717, 1.165) is 0 Å². The van der Waals surface area contributed by atoms with Gasteiger partial charge in [-0.1, -0.05) is 0 Å². The fourth-order valence-corrected chi connectivity index (χ4v) is 1.83. The van der Waals surface area contributed by atoms with E-state index >= 15 is 0 Å². The first-order valence-corrected chi connectivity index (χ1v) is 7.26. The predicted molar refractivity (Wildman–Crippen MR) is 85.9 cm³/mol. The van der Waals surface area contributed by atoms with Crippen LogP contribution in [0.15, 0.2) is 46.1 Å². The number of ether oxygens (including phenoxy) is 2. The molecule has 1 heterocycles. The average molecular weight is 367 g/mol. The van der Waals surface area contributed by atoms with E-state index in [2.05, 4.69) is 15.2 Å². The Morgan fingerprint density at radius 3 is 2.73 bits per heavy atom. The van der Waals surface area contributed by atoms with Gasteiger partial charge in [-0.3, -0.25) is 9.59 Å². The van der Waals surface area contributed by atoms with Crippen LogP contribution >= 0.6 is 0 Å². The number of methoxy groups -OCH3 is 1. The van der Waals surface area contributed by atoms with Gasteiger partial charge < -0.3 is 19.2 Å². The number of furan rings is 1. The van der Waals surface area contributed by atoms with E-state index in [1.54, 1.807) is 12.1 Å². The van der Waals surface area contributed by atoms with Gasteiger partial charge in [-0.15, -0.1) is 0 Å². The minimum Gasteiger partial charge on any atom is -0.493 e. The zero-order valence-electron chi connectivity index (χ0n) is 13.6. The summed E-state index contributed by atoms with van der Waals surface area (Å²) in [5.41, 5.74) is 2.47. The lowest BCUT2D eigenvalue weighted by atomic mass is 10.2. The largest absolute Gasteiger partial charge is 0.493 e. The Kier molecular flexibility index (Phi) is 6.66. The van der Waals surface area contributed by atoms with Crippen LogP contribution < -0.4 is 20.2 Å². The van der Waals surface area contributed by atoms with E-state index in [1.807, 2.05) is 5.43 Å². The van der Waals surface area contributed by atoms with Crippen molar-refractivity contribution in [2.75, 3.05) is 7.11 Å². The molecule has 10 heteroatoms. The molecule has 8 nitrogen and oxygen atoms in total. The lowest BCUT2D eigenvalue weighted by molar-refractivity contribution is -0.139. The van der Waals surface area contributed by atoms with Gasteiger partial charge in [0.15, 0.2) is 11.5 Å². The molecule has 26 heavy (non-hydrogen) atoms. The van der Waals surface area contributed by atoms with Crippen molar-refractivity contribution >= 4 is 18.0 Å². The van der Waals surface area contributed by atoms with E-state index in [-0.39, 0.29) is 18.0 Å². The molecule has 2 rings (SSSR count). The Balaban J connectivity index is 1.88. The van der Waals surface area contributed by atoms with Gasteiger partial charge in [-0.25, -0.2) is 5.43 Å². The van der Waals surface area contributed by atoms with Gasteiger partial charge in [0.05, 0.1) is 26.1 Å². The SMILES string of the molecule is COc1cc(/C=N/NC(=O)C(=O)NCc2ccco2)ccc1OC(F)F. The minimum atomic E-state index is -2.98. The van der Waals surface area contributed by atoms with Crippen molar-refractivity contribution in [1.82, 2.24) is 10.7 Å². The first-order chi connectivity index (χ1) is 12.5. The molecule has 1 aromatic carbocycles. The maximum Gasteiger partial charge on any atom is 0.387 e. The molecular formula is C16H15F2N3O5. The van der Waals surface area contributed by atoms with E-state index < -0.39 is 18.4 Å². The second-order valence-corrected chi connectivity index (χ2v) is 4.75. The summed E-state index contributed by atoms with van der Waals surface area (Å²) in [6, 6.07) is 7.37. The average Bonchev–Trinajstić information content (AvgIpc) is 3.13. The van der Waals surface area contributed by atoms with E-state index in [9.17, 15) is 18.4 Å². The molecule has 0 bridgehead atoms. The second kappa shape index (κ2) is 9.16. The summed E-state index contributed by atoms with van der Waals surface area (Å²) in [5, 5.41) is 5.97. The number of benzene rings is 1. The Morgan fingerprint density at radius 1 is 1.27 bits per heavy atom. The highest BCUT2D eigenvalue weighted by Gasteiger charge is 2.13. The zero-order chi connectivity index (χ0) is 18.9. The maximum atomic E-state index is 12.3. The van der Waals surface area contributed by atoms with Gasteiger partial charge in [0.25, 0.3) is 0 Å². The third kappa shape index (κ3) is 5.58. The molecule has 0 aliphatic carbocycles. The number of hydrogen-bond acceptors (Lipinski definition) is 6. The topological polar surface area (TPSA) is 102 Å². The summed E-state index contributed by atoms with van der Waals surface area (Å²) in [5.74, 6) is -1.44. The summed E-state index contributed by atoms with van der Waals surface area (Å²) >= 11 is 0. The number of carbonyl (C=O) groups is 2. The monoisotopic (exact) mass is 367 g/mol. The molecule has 0 aliphatic rings. The number of alkyl halides is 2. The van der Waals surface area contributed by atoms with E-state index in [1.165, 1.54) is 37.8 Å². The highest BCUT2D eigenvalue weighted by molar-refractivity contribution is 6.35. The number of nitrogens with zero attached hydrogens (tertiary/aromatic N) is 1. The first-order valence-electron chi connectivity index (χ1n) is 7.26. The molecule has 0 radical (unpaired) electrons. The molecule has 2 amide bonds. The van der Waals surface area contributed by atoms with Gasteiger partial charge in [-0.05, 0) is 35.9 Å². The highest BCUT2D eigenvalue weighted by Crippen LogP contribution is 2.28. The zero-order valence-corrected chi connectivity index (χ0v) is 13.6. The van der Waals surface area contributed by atoms with Crippen molar-refractivity contribution in [3.8, 4) is 11.5 Å². The molecule has 0 fully saturated rings. The van der Waals surface area contributed by atoms with Crippen molar-refractivity contribution < 1.29 is 32.3 Å². The van der Waals surface area contributed by atoms with Gasteiger partial charge in [0.2, 0.25) is 0 Å². The summed E-state index contributed by atoms with van der Waals surface area (Å²) in [6.07, 6.45) is 2.66. The highest BCUT2D eigenvalue weighted by atomic mass is 19.3. The third-order valence-corrected chi connectivity index (χ3v) is 2.99. The van der Waals surface area contributed by atoms with Crippen LogP contribution in [0.4, 0.5) is 8.78 Å². The van der Waals surface area contributed by atoms with Gasteiger partial charge in [0, 0.05) is 0 Å². The number of nitrogens with one attached hydrogen (secondary N) is 2. The quantitative estimate of drug-likeness (QED) is 0.440. The van der Waals surface area contributed by atoms with Crippen LogP contribution in [-0.2, 0) is 16.1 Å². The Labute approximate surface area is 146 Å². The second-order valence-electron chi connectivity index (χ2n) is 4.75. The molecule has 2 aromatic rings. The standard InChI is InChI=1S/C16H15F2N3O5/c1-24-13-7-10(4-5-12(13)26-16(17)18)8-20-21-15(23)14(22)19-9-11-3-2-6-25-11/h2-8,16H,9H2,1H3,(H,19,22)(H,21,23)/b20-8+. The molecule has 1 aromatic heterocycles. The smallest absolute Gasteiger partial charge is 0.387 e. The lowest BCUT2D eigenvalue weighted by Gasteiger charge is -2.09. The third-order valence-electron chi connectivity index (χ3n) is 2.99. The summed E-state index contributed by atoms with van der Waals surface area (Å²) in [6.45, 7) is -2.92. The maximum absolute atomic E-state index is 12.3. The summed E-state index contributed by atoms with van der Waals surface area (Å²) in [7, 11) is 1.29. The fourth-order valence-electron chi connectivity index (χ4n) is 1.83. The fraction of sp³-hybridized carbons (Fsp3) is 0.188. The van der Waals surface area contributed by atoms with Crippen LogP contribution in [0.25, 0.3) is 0 Å². The van der Waals surface area contributed by atoms with Crippen LogP contribution in [0.5, 0.6) is 11.5 Å². The number of hydrazone groups is 1. The predicted octanol–water partition coefficient (Wildman–Crippen LogP) is 1.66. The van der Waals surface area contributed by atoms with Gasteiger partial charge in [-0.2, -0.15) is 13.9 Å². The van der Waals surface area contributed by atoms with Crippen molar-refractivity contribution in [2.45, 2.75) is 13.2 Å². The van der Waals surface area contributed by atoms with Gasteiger partial charge in [0.1, 0.15) is 5.76 Å².